The zero-order chi connectivity index (χ0) is 15.8. The van der Waals surface area contributed by atoms with Gasteiger partial charge >= 0.3 is 0 Å². The van der Waals surface area contributed by atoms with Crippen LogP contribution < -0.4 is 0 Å². The third kappa shape index (κ3) is 5.38. The summed E-state index contributed by atoms with van der Waals surface area (Å²) in [6, 6.07) is 0.957. The van der Waals surface area contributed by atoms with E-state index in [1.54, 1.807) is 13.8 Å². The minimum Gasteiger partial charge on any atom is -0.372 e. The van der Waals surface area contributed by atoms with E-state index in [9.17, 15) is 17.6 Å². The van der Waals surface area contributed by atoms with Gasteiger partial charge in [0.05, 0.1) is 0 Å². The van der Waals surface area contributed by atoms with Crippen molar-refractivity contribution in [1.82, 2.24) is 0 Å². The molecule has 0 aliphatic carbocycles. The molecule has 0 N–H and O–H groups in total. The second-order valence-corrected chi connectivity index (χ2v) is 4.95. The Kier molecular flexibility index (Phi) is 7.87. The fourth-order valence-corrected chi connectivity index (χ4v) is 2.27. The van der Waals surface area contributed by atoms with Crippen molar-refractivity contribution in [2.45, 2.75) is 32.8 Å². The van der Waals surface area contributed by atoms with Crippen molar-refractivity contribution in [3.63, 3.8) is 0 Å². The molecule has 0 atom stereocenters. The second-order valence-electron chi connectivity index (χ2n) is 3.92. The number of benzene rings is 1. The molecule has 0 heterocycles. The van der Waals surface area contributed by atoms with Crippen molar-refractivity contribution in [2.75, 3.05) is 13.2 Å². The molecule has 1 rings (SSSR count). The molecular weight excluding hydrogens is 308 g/mol. The summed E-state index contributed by atoms with van der Waals surface area (Å²) in [6.07, 6.45) is 0.0172. The van der Waals surface area contributed by atoms with Crippen LogP contribution in [-0.2, 0) is 20.3 Å². The SMILES string of the molecule is CCOC(OCC)O[Si]CCc1cc(F)c(F)c(F)c1F. The summed E-state index contributed by atoms with van der Waals surface area (Å²) < 4.78 is 67.8. The van der Waals surface area contributed by atoms with Crippen LogP contribution in [0.4, 0.5) is 17.6 Å². The van der Waals surface area contributed by atoms with Crippen LogP contribution in [0.3, 0.4) is 0 Å². The van der Waals surface area contributed by atoms with Crippen LogP contribution >= 0.6 is 0 Å². The number of hydrogen-bond acceptors (Lipinski definition) is 3. The maximum atomic E-state index is 13.4. The average Bonchev–Trinajstić information content (AvgIpc) is 2.46. The van der Waals surface area contributed by atoms with E-state index in [1.807, 2.05) is 0 Å². The van der Waals surface area contributed by atoms with Crippen molar-refractivity contribution >= 4 is 9.76 Å². The predicted octanol–water partition coefficient (Wildman–Crippen LogP) is 3.20. The standard InChI is InChI=1S/C13H16F4O3Si/c1-3-18-13(19-4-2)20-21-6-5-8-7-9(14)11(16)12(17)10(8)15/h7,13H,3-6H2,1-2H3. The summed E-state index contributed by atoms with van der Waals surface area (Å²) in [4.78, 5) is 0. The first-order valence-electron chi connectivity index (χ1n) is 6.44. The summed E-state index contributed by atoms with van der Waals surface area (Å²) in [5.74, 6) is -6.38. The number of halogens is 4. The fraction of sp³-hybridized carbons (Fsp3) is 0.538. The molecule has 0 fully saturated rings. The molecule has 0 saturated heterocycles. The zero-order valence-electron chi connectivity index (χ0n) is 11.7. The third-order valence-corrected chi connectivity index (χ3v) is 3.27. The van der Waals surface area contributed by atoms with Crippen LogP contribution in [0.2, 0.25) is 6.04 Å². The van der Waals surface area contributed by atoms with Crippen LogP contribution in [0.1, 0.15) is 19.4 Å². The molecule has 2 radical (unpaired) electrons. The van der Waals surface area contributed by atoms with Gasteiger partial charge in [-0.15, -0.1) is 0 Å². The number of aryl methyl sites for hydroxylation is 1. The van der Waals surface area contributed by atoms with Gasteiger partial charge in [0.2, 0.25) is 9.76 Å². The Hall–Kier alpha value is -0.963. The Morgan fingerprint density at radius 3 is 2.19 bits per heavy atom. The number of rotatable bonds is 9. The quantitative estimate of drug-likeness (QED) is 0.174. The van der Waals surface area contributed by atoms with E-state index in [0.29, 0.717) is 25.3 Å². The summed E-state index contributed by atoms with van der Waals surface area (Å²) in [7, 11) is -0.110. The van der Waals surface area contributed by atoms with Gasteiger partial charge in [-0.05, 0) is 37.9 Å². The van der Waals surface area contributed by atoms with Gasteiger partial charge in [0.15, 0.2) is 23.3 Å². The van der Waals surface area contributed by atoms with E-state index in [0.717, 1.165) is 0 Å². The fourth-order valence-electron chi connectivity index (χ4n) is 1.50. The summed E-state index contributed by atoms with van der Waals surface area (Å²) in [5, 5.41) is 0. The monoisotopic (exact) mass is 324 g/mol. The Labute approximate surface area is 123 Å². The van der Waals surface area contributed by atoms with Gasteiger partial charge in [0.1, 0.15) is 0 Å². The molecule has 0 unspecified atom stereocenters. The molecule has 1 aromatic rings. The van der Waals surface area contributed by atoms with Gasteiger partial charge in [-0.25, -0.2) is 17.6 Å². The Morgan fingerprint density at radius 1 is 1.00 bits per heavy atom. The minimum atomic E-state index is -1.80. The largest absolute Gasteiger partial charge is 0.372 e. The molecule has 0 aliphatic rings. The Bertz CT molecular complexity index is 454. The average molecular weight is 324 g/mol. The van der Waals surface area contributed by atoms with E-state index in [-0.39, 0.29) is 21.7 Å². The third-order valence-electron chi connectivity index (χ3n) is 2.46. The van der Waals surface area contributed by atoms with Gasteiger partial charge in [-0.3, -0.25) is 0 Å². The molecule has 0 amide bonds. The van der Waals surface area contributed by atoms with E-state index in [1.165, 1.54) is 0 Å². The van der Waals surface area contributed by atoms with Gasteiger partial charge in [0.25, 0.3) is 6.48 Å². The maximum Gasteiger partial charge on any atom is 0.261 e. The Balaban J connectivity index is 2.49. The number of ether oxygens (including phenoxy) is 2. The molecule has 8 heteroatoms. The molecule has 0 saturated carbocycles. The highest BCUT2D eigenvalue weighted by atomic mass is 28.2. The summed E-state index contributed by atoms with van der Waals surface area (Å²) >= 11 is 0. The highest BCUT2D eigenvalue weighted by Gasteiger charge is 2.18. The highest BCUT2D eigenvalue weighted by Crippen LogP contribution is 2.19. The smallest absolute Gasteiger partial charge is 0.261 e. The number of hydrogen-bond donors (Lipinski definition) is 0. The predicted molar refractivity (Wildman–Crippen MR) is 68.7 cm³/mol. The van der Waals surface area contributed by atoms with Crippen LogP contribution in [-0.4, -0.2) is 29.5 Å². The molecule has 3 nitrogen and oxygen atoms in total. The lowest BCUT2D eigenvalue weighted by Gasteiger charge is -2.16. The van der Waals surface area contributed by atoms with Crippen molar-refractivity contribution in [3.05, 3.63) is 34.9 Å². The molecule has 0 bridgehead atoms. The van der Waals surface area contributed by atoms with Crippen LogP contribution in [0.5, 0.6) is 0 Å². The van der Waals surface area contributed by atoms with Crippen molar-refractivity contribution in [3.8, 4) is 0 Å². The summed E-state index contributed by atoms with van der Waals surface area (Å²) in [5.41, 5.74) is -0.230. The van der Waals surface area contributed by atoms with Gasteiger partial charge < -0.3 is 13.9 Å². The molecule has 0 spiro atoms. The lowest BCUT2D eigenvalue weighted by molar-refractivity contribution is -0.243. The molecule has 0 aliphatic heterocycles. The minimum absolute atomic E-state index is 0.0172. The van der Waals surface area contributed by atoms with Crippen molar-refractivity contribution < 1.29 is 31.5 Å². The lowest BCUT2D eigenvalue weighted by Crippen LogP contribution is -2.23. The van der Waals surface area contributed by atoms with Gasteiger partial charge in [-0.1, -0.05) is 0 Å². The van der Waals surface area contributed by atoms with Crippen LogP contribution in [0, 0.1) is 23.3 Å². The molecule has 21 heavy (non-hydrogen) atoms. The first-order chi connectivity index (χ1) is 10.0. The first kappa shape index (κ1) is 18.1. The van der Waals surface area contributed by atoms with Crippen molar-refractivity contribution in [1.29, 1.82) is 0 Å². The van der Waals surface area contributed by atoms with Crippen molar-refractivity contribution in [2.24, 2.45) is 0 Å². The normalized spacial score (nSPS) is 11.4. The first-order valence-corrected chi connectivity index (χ1v) is 7.56. The molecule has 1 aromatic carbocycles. The molecular formula is C13H16F4O3Si. The van der Waals surface area contributed by atoms with E-state index < -0.39 is 29.7 Å². The highest BCUT2D eigenvalue weighted by molar-refractivity contribution is 6.27. The van der Waals surface area contributed by atoms with Gasteiger partial charge in [0, 0.05) is 13.2 Å². The molecule has 118 valence electrons. The second kappa shape index (κ2) is 9.14. The van der Waals surface area contributed by atoms with Crippen LogP contribution in [0.25, 0.3) is 0 Å². The van der Waals surface area contributed by atoms with E-state index in [4.69, 9.17) is 13.9 Å². The maximum absolute atomic E-state index is 13.4. The van der Waals surface area contributed by atoms with E-state index >= 15 is 0 Å². The van der Waals surface area contributed by atoms with E-state index in [2.05, 4.69) is 0 Å². The topological polar surface area (TPSA) is 27.7 Å². The van der Waals surface area contributed by atoms with Gasteiger partial charge in [-0.2, -0.15) is 0 Å². The zero-order valence-corrected chi connectivity index (χ0v) is 12.7. The molecule has 0 aromatic heterocycles. The summed E-state index contributed by atoms with van der Waals surface area (Å²) in [6.45, 7) is 3.54. The van der Waals surface area contributed by atoms with Crippen LogP contribution in [0.15, 0.2) is 6.07 Å². The lowest BCUT2D eigenvalue weighted by atomic mass is 10.1. The Morgan fingerprint density at radius 2 is 1.62 bits per heavy atom.